The van der Waals surface area contributed by atoms with E-state index in [4.69, 9.17) is 0 Å². The Morgan fingerprint density at radius 2 is 0.964 bits per heavy atom. The second-order valence-electron chi connectivity index (χ2n) is 14.9. The Labute approximate surface area is 323 Å². The van der Waals surface area contributed by atoms with E-state index in [0.29, 0.717) is 0 Å². The van der Waals surface area contributed by atoms with Crippen molar-refractivity contribution < 1.29 is 0 Å². The van der Waals surface area contributed by atoms with E-state index >= 15 is 0 Å². The summed E-state index contributed by atoms with van der Waals surface area (Å²) < 4.78 is 0. The van der Waals surface area contributed by atoms with Gasteiger partial charge in [0.1, 0.15) is 0 Å². The van der Waals surface area contributed by atoms with Gasteiger partial charge in [0, 0.05) is 21.9 Å². The molecule has 2 nitrogen and oxygen atoms in total. The molecular formula is C53H40N2. The van der Waals surface area contributed by atoms with Gasteiger partial charge in [-0.15, -0.1) is 0 Å². The Bertz CT molecular complexity index is 2830. The minimum absolute atomic E-state index is 0.262. The third-order valence-corrected chi connectivity index (χ3v) is 11.4. The highest BCUT2D eigenvalue weighted by Gasteiger charge is 2.40. The lowest BCUT2D eigenvalue weighted by molar-refractivity contribution is 0.634. The van der Waals surface area contributed by atoms with E-state index in [1.165, 1.54) is 66.3 Å². The average molecular weight is 705 g/mol. The van der Waals surface area contributed by atoms with Crippen LogP contribution in [0.4, 0.5) is 34.1 Å². The summed E-state index contributed by atoms with van der Waals surface area (Å²) in [5, 5.41) is 4.79. The fraction of sp³-hybridized carbons (Fsp3) is 0.0566. The van der Waals surface area contributed by atoms with Crippen molar-refractivity contribution in [3.63, 3.8) is 0 Å². The van der Waals surface area contributed by atoms with Crippen molar-refractivity contribution in [2.24, 2.45) is 0 Å². The summed E-state index contributed by atoms with van der Waals surface area (Å²) in [5.74, 6) is 0. The summed E-state index contributed by atoms with van der Waals surface area (Å²) in [7, 11) is 0. The standard InChI is InChI=1S/C53H40N2/c1-53(2)46-27-13-14-28-48(46)55(49-30-16-26-44(51(49)53)40-19-7-4-8-20-40)52-45-25-12-10-22-41(45)33-36-50(52)54(47-29-15-23-39-21-9-11-24-43(39)47)42-34-31-38(32-35-42)37-17-5-3-6-18-37/h3-36H,1-2H3. The van der Waals surface area contributed by atoms with Crippen LogP contribution in [0, 0.1) is 0 Å². The zero-order valence-corrected chi connectivity index (χ0v) is 31.0. The van der Waals surface area contributed by atoms with Gasteiger partial charge in [0.25, 0.3) is 0 Å². The average Bonchev–Trinajstić information content (AvgIpc) is 3.25. The van der Waals surface area contributed by atoms with Gasteiger partial charge in [-0.05, 0) is 80.6 Å². The predicted octanol–water partition coefficient (Wildman–Crippen LogP) is 14.9. The molecule has 262 valence electrons. The summed E-state index contributed by atoms with van der Waals surface area (Å²) in [6.45, 7) is 4.77. The molecule has 9 aromatic rings. The van der Waals surface area contributed by atoms with Crippen molar-refractivity contribution in [3.05, 3.63) is 217 Å². The first-order chi connectivity index (χ1) is 27.1. The molecule has 10 rings (SSSR count). The first kappa shape index (κ1) is 32.7. The lowest BCUT2D eigenvalue weighted by Crippen LogP contribution is -2.32. The maximum Gasteiger partial charge on any atom is 0.0781 e. The Hall–Kier alpha value is -6.90. The van der Waals surface area contributed by atoms with Crippen molar-refractivity contribution >= 4 is 55.7 Å². The monoisotopic (exact) mass is 704 g/mol. The van der Waals surface area contributed by atoms with Crippen LogP contribution in [0.1, 0.15) is 25.0 Å². The number of fused-ring (bicyclic) bond motifs is 4. The molecule has 55 heavy (non-hydrogen) atoms. The van der Waals surface area contributed by atoms with Gasteiger partial charge in [0.15, 0.2) is 0 Å². The van der Waals surface area contributed by atoms with Crippen LogP contribution in [-0.2, 0) is 5.41 Å². The number of benzene rings is 9. The summed E-state index contributed by atoms with van der Waals surface area (Å²) in [4.78, 5) is 5.03. The third kappa shape index (κ3) is 5.41. The molecule has 0 saturated heterocycles. The summed E-state index contributed by atoms with van der Waals surface area (Å²) >= 11 is 0. The van der Waals surface area contributed by atoms with Crippen molar-refractivity contribution in [1.29, 1.82) is 0 Å². The predicted molar refractivity (Wildman–Crippen MR) is 234 cm³/mol. The van der Waals surface area contributed by atoms with E-state index in [0.717, 1.165) is 22.7 Å². The molecule has 0 bridgehead atoms. The highest BCUT2D eigenvalue weighted by Crippen LogP contribution is 2.58. The van der Waals surface area contributed by atoms with Crippen LogP contribution < -0.4 is 9.80 Å². The number of para-hydroxylation sites is 1. The van der Waals surface area contributed by atoms with Crippen LogP contribution in [0.3, 0.4) is 0 Å². The van der Waals surface area contributed by atoms with Gasteiger partial charge in [-0.2, -0.15) is 0 Å². The first-order valence-corrected chi connectivity index (χ1v) is 19.1. The van der Waals surface area contributed by atoms with Gasteiger partial charge in [-0.25, -0.2) is 0 Å². The van der Waals surface area contributed by atoms with Gasteiger partial charge in [-0.3, -0.25) is 0 Å². The lowest BCUT2D eigenvalue weighted by Gasteiger charge is -2.44. The van der Waals surface area contributed by atoms with E-state index in [9.17, 15) is 0 Å². The topological polar surface area (TPSA) is 6.48 Å². The smallest absolute Gasteiger partial charge is 0.0781 e. The molecule has 0 amide bonds. The second-order valence-corrected chi connectivity index (χ2v) is 14.9. The number of anilines is 6. The fourth-order valence-electron chi connectivity index (χ4n) is 8.85. The van der Waals surface area contributed by atoms with Crippen molar-refractivity contribution in [2.75, 3.05) is 9.80 Å². The van der Waals surface area contributed by atoms with Crippen molar-refractivity contribution in [3.8, 4) is 22.3 Å². The van der Waals surface area contributed by atoms with Gasteiger partial charge < -0.3 is 9.80 Å². The molecule has 0 aliphatic carbocycles. The summed E-state index contributed by atoms with van der Waals surface area (Å²) in [6, 6.07) is 75.2. The molecule has 1 aliphatic heterocycles. The SMILES string of the molecule is CC1(C)c2ccccc2N(c2c(N(c3ccc(-c4ccccc4)cc3)c3cccc4ccccc34)ccc3ccccc23)c2cccc(-c3ccccc3)c21. The molecule has 2 heteroatoms. The van der Waals surface area contributed by atoms with Crippen LogP contribution in [0.2, 0.25) is 0 Å². The Kier molecular flexibility index (Phi) is 7.85. The molecule has 0 atom stereocenters. The van der Waals surface area contributed by atoms with Gasteiger partial charge >= 0.3 is 0 Å². The molecule has 0 unspecified atom stereocenters. The summed E-state index contributed by atoms with van der Waals surface area (Å²) in [5.41, 5.74) is 14.1. The molecule has 1 aliphatic rings. The molecule has 0 aromatic heterocycles. The molecule has 0 N–H and O–H groups in total. The molecule has 9 aromatic carbocycles. The highest BCUT2D eigenvalue weighted by molar-refractivity contribution is 6.11. The minimum atomic E-state index is -0.262. The minimum Gasteiger partial charge on any atom is -0.308 e. The van der Waals surface area contributed by atoms with Crippen LogP contribution in [0.25, 0.3) is 43.8 Å². The van der Waals surface area contributed by atoms with E-state index in [2.05, 4.69) is 230 Å². The zero-order valence-electron chi connectivity index (χ0n) is 31.0. The van der Waals surface area contributed by atoms with Crippen molar-refractivity contribution in [2.45, 2.75) is 19.3 Å². The largest absolute Gasteiger partial charge is 0.308 e. The second kappa shape index (κ2) is 13.2. The number of nitrogens with zero attached hydrogens (tertiary/aromatic N) is 2. The first-order valence-electron chi connectivity index (χ1n) is 19.1. The van der Waals surface area contributed by atoms with Crippen LogP contribution in [0.15, 0.2) is 206 Å². The summed E-state index contributed by atoms with van der Waals surface area (Å²) in [6.07, 6.45) is 0. The van der Waals surface area contributed by atoms with Crippen molar-refractivity contribution in [1.82, 2.24) is 0 Å². The van der Waals surface area contributed by atoms with Crippen LogP contribution in [-0.4, -0.2) is 0 Å². The Morgan fingerprint density at radius 3 is 1.73 bits per heavy atom. The zero-order chi connectivity index (χ0) is 36.9. The van der Waals surface area contributed by atoms with E-state index in [1.807, 2.05) is 0 Å². The molecule has 0 radical (unpaired) electrons. The maximum atomic E-state index is 2.55. The fourth-order valence-corrected chi connectivity index (χ4v) is 8.85. The van der Waals surface area contributed by atoms with E-state index in [-0.39, 0.29) is 5.41 Å². The molecule has 0 spiro atoms. The number of hydrogen-bond acceptors (Lipinski definition) is 2. The molecular weight excluding hydrogens is 665 g/mol. The molecule has 1 heterocycles. The molecule has 0 fully saturated rings. The molecule has 0 saturated carbocycles. The Balaban J connectivity index is 1.30. The lowest BCUT2D eigenvalue weighted by atomic mass is 9.70. The van der Waals surface area contributed by atoms with Gasteiger partial charge in [0.2, 0.25) is 0 Å². The van der Waals surface area contributed by atoms with Crippen LogP contribution in [0.5, 0.6) is 0 Å². The van der Waals surface area contributed by atoms with E-state index in [1.54, 1.807) is 0 Å². The highest BCUT2D eigenvalue weighted by atomic mass is 15.2. The number of hydrogen-bond donors (Lipinski definition) is 0. The Morgan fingerprint density at radius 1 is 0.400 bits per heavy atom. The van der Waals surface area contributed by atoms with Crippen LogP contribution >= 0.6 is 0 Å². The normalized spacial score (nSPS) is 13.0. The number of rotatable bonds is 6. The van der Waals surface area contributed by atoms with E-state index < -0.39 is 0 Å². The van der Waals surface area contributed by atoms with Gasteiger partial charge in [0.05, 0.1) is 28.4 Å². The quantitative estimate of drug-likeness (QED) is 0.170. The maximum absolute atomic E-state index is 2.55. The third-order valence-electron chi connectivity index (χ3n) is 11.4. The van der Waals surface area contributed by atoms with Gasteiger partial charge in [-0.1, -0.05) is 184 Å².